The molecule has 0 saturated heterocycles. The van der Waals surface area contributed by atoms with Gasteiger partial charge in [0.1, 0.15) is 18.1 Å². The molecule has 3 aromatic rings. The first kappa shape index (κ1) is 12.4. The predicted octanol–water partition coefficient (Wildman–Crippen LogP) is 3.03. The fourth-order valence-electron chi connectivity index (χ4n) is 2.10. The first-order valence-corrected chi connectivity index (χ1v) is 6.38. The third kappa shape index (κ3) is 2.28. The van der Waals surface area contributed by atoms with E-state index in [4.69, 9.17) is 4.74 Å². The molecule has 1 aromatic carbocycles. The number of carbonyl (C=O) groups excluding carboxylic acids is 1. The van der Waals surface area contributed by atoms with Gasteiger partial charge in [-0.2, -0.15) is 0 Å². The van der Waals surface area contributed by atoms with E-state index in [1.807, 2.05) is 60.0 Å². The zero-order chi connectivity index (χ0) is 13.9. The first-order chi connectivity index (χ1) is 9.78. The minimum absolute atomic E-state index is 0.322. The molecular formula is C16H14N2O2. The van der Waals surface area contributed by atoms with Crippen LogP contribution in [0.5, 0.6) is 5.75 Å². The van der Waals surface area contributed by atoms with Crippen molar-refractivity contribution in [2.24, 2.45) is 0 Å². The van der Waals surface area contributed by atoms with Crippen LogP contribution in [-0.4, -0.2) is 15.7 Å². The van der Waals surface area contributed by atoms with E-state index in [9.17, 15) is 4.79 Å². The second-order valence-corrected chi connectivity index (χ2v) is 4.59. The lowest BCUT2D eigenvalue weighted by Gasteiger charge is -2.05. The summed E-state index contributed by atoms with van der Waals surface area (Å²) >= 11 is 0. The summed E-state index contributed by atoms with van der Waals surface area (Å²) in [4.78, 5) is 15.3. The molecule has 0 saturated carbocycles. The summed E-state index contributed by atoms with van der Waals surface area (Å²) in [6.45, 7) is 2.35. The molecule has 0 aliphatic carbocycles. The Labute approximate surface area is 116 Å². The average Bonchev–Trinajstić information content (AvgIpc) is 2.85. The molecule has 20 heavy (non-hydrogen) atoms. The normalized spacial score (nSPS) is 10.7. The maximum absolute atomic E-state index is 11.0. The number of aromatic nitrogens is 2. The molecule has 4 nitrogen and oxygen atoms in total. The van der Waals surface area contributed by atoms with Gasteiger partial charge in [0.2, 0.25) is 0 Å². The second-order valence-electron chi connectivity index (χ2n) is 4.59. The van der Waals surface area contributed by atoms with Gasteiger partial charge in [-0.25, -0.2) is 4.98 Å². The Balaban J connectivity index is 1.87. The lowest BCUT2D eigenvalue weighted by Crippen LogP contribution is -2.01. The SMILES string of the molecule is Cc1ccc(OCc2nc(C=O)c3ccccn23)cc1. The largest absolute Gasteiger partial charge is 0.486 e. The van der Waals surface area contributed by atoms with Crippen molar-refractivity contribution in [1.29, 1.82) is 0 Å². The van der Waals surface area contributed by atoms with Crippen LogP contribution in [0.1, 0.15) is 21.9 Å². The van der Waals surface area contributed by atoms with Crippen LogP contribution in [0.15, 0.2) is 48.7 Å². The number of rotatable bonds is 4. The summed E-state index contributed by atoms with van der Waals surface area (Å²) in [5.74, 6) is 1.50. The van der Waals surface area contributed by atoms with Crippen LogP contribution < -0.4 is 4.74 Å². The van der Waals surface area contributed by atoms with Crippen molar-refractivity contribution in [3.8, 4) is 5.75 Å². The number of ether oxygens (including phenoxy) is 1. The van der Waals surface area contributed by atoms with E-state index < -0.39 is 0 Å². The Kier molecular flexibility index (Phi) is 3.21. The van der Waals surface area contributed by atoms with Gasteiger partial charge in [0.15, 0.2) is 12.1 Å². The van der Waals surface area contributed by atoms with E-state index in [-0.39, 0.29) is 0 Å². The molecule has 0 N–H and O–H groups in total. The molecule has 2 heterocycles. The lowest BCUT2D eigenvalue weighted by atomic mass is 10.2. The molecular weight excluding hydrogens is 252 g/mol. The number of pyridine rings is 1. The van der Waals surface area contributed by atoms with Gasteiger partial charge in [-0.3, -0.25) is 4.79 Å². The van der Waals surface area contributed by atoms with Crippen molar-refractivity contribution in [2.75, 3.05) is 0 Å². The monoisotopic (exact) mass is 266 g/mol. The molecule has 100 valence electrons. The van der Waals surface area contributed by atoms with Gasteiger partial charge in [-0.1, -0.05) is 23.8 Å². The highest BCUT2D eigenvalue weighted by Gasteiger charge is 2.10. The van der Waals surface area contributed by atoms with E-state index in [1.165, 1.54) is 5.56 Å². The molecule has 0 fully saturated rings. The standard InChI is InChI=1S/C16H14N2O2/c1-12-5-7-13(8-6-12)20-11-16-17-14(10-19)15-4-2-3-9-18(15)16/h2-10H,11H2,1H3. The van der Waals surface area contributed by atoms with Crippen LogP contribution in [0.3, 0.4) is 0 Å². The lowest BCUT2D eigenvalue weighted by molar-refractivity contribution is 0.112. The smallest absolute Gasteiger partial charge is 0.170 e. The van der Waals surface area contributed by atoms with Gasteiger partial charge in [0, 0.05) is 6.20 Å². The maximum atomic E-state index is 11.0. The van der Waals surface area contributed by atoms with Crippen molar-refractivity contribution in [3.63, 3.8) is 0 Å². The van der Waals surface area contributed by atoms with Crippen molar-refractivity contribution in [3.05, 3.63) is 65.7 Å². The fourth-order valence-corrected chi connectivity index (χ4v) is 2.10. The van der Waals surface area contributed by atoms with Crippen molar-refractivity contribution >= 4 is 11.8 Å². The molecule has 2 aromatic heterocycles. The molecule has 0 bridgehead atoms. The van der Waals surface area contributed by atoms with Gasteiger partial charge in [-0.15, -0.1) is 0 Å². The highest BCUT2D eigenvalue weighted by atomic mass is 16.5. The fraction of sp³-hybridized carbons (Fsp3) is 0.125. The third-order valence-corrected chi connectivity index (χ3v) is 3.15. The summed E-state index contributed by atoms with van der Waals surface area (Å²) in [7, 11) is 0. The summed E-state index contributed by atoms with van der Waals surface area (Å²) in [5.41, 5.74) is 2.42. The Morgan fingerprint density at radius 2 is 2.00 bits per heavy atom. The first-order valence-electron chi connectivity index (χ1n) is 6.38. The van der Waals surface area contributed by atoms with Crippen LogP contribution in [-0.2, 0) is 6.61 Å². The predicted molar refractivity (Wildman–Crippen MR) is 76.1 cm³/mol. The third-order valence-electron chi connectivity index (χ3n) is 3.15. The quantitative estimate of drug-likeness (QED) is 0.682. The van der Waals surface area contributed by atoms with Crippen LogP contribution in [0.25, 0.3) is 5.52 Å². The Bertz CT molecular complexity index is 745. The molecule has 0 aliphatic heterocycles. The number of nitrogens with zero attached hydrogens (tertiary/aromatic N) is 2. The van der Waals surface area contributed by atoms with Crippen LogP contribution in [0, 0.1) is 6.92 Å². The van der Waals surface area contributed by atoms with Gasteiger partial charge in [0.05, 0.1) is 5.52 Å². The van der Waals surface area contributed by atoms with E-state index in [1.54, 1.807) is 0 Å². The van der Waals surface area contributed by atoms with E-state index in [0.29, 0.717) is 18.1 Å². The molecule has 3 rings (SSSR count). The average molecular weight is 266 g/mol. The topological polar surface area (TPSA) is 43.6 Å². The van der Waals surface area contributed by atoms with E-state index >= 15 is 0 Å². The highest BCUT2D eigenvalue weighted by Crippen LogP contribution is 2.16. The summed E-state index contributed by atoms with van der Waals surface area (Å²) in [6, 6.07) is 13.5. The maximum Gasteiger partial charge on any atom is 0.170 e. The zero-order valence-corrected chi connectivity index (χ0v) is 11.1. The van der Waals surface area contributed by atoms with E-state index in [0.717, 1.165) is 17.6 Å². The summed E-state index contributed by atoms with van der Waals surface area (Å²) < 4.78 is 7.59. The molecule has 0 atom stereocenters. The summed E-state index contributed by atoms with van der Waals surface area (Å²) in [6.07, 6.45) is 2.65. The molecule has 0 amide bonds. The Morgan fingerprint density at radius 3 is 2.75 bits per heavy atom. The van der Waals surface area contributed by atoms with Gasteiger partial charge in [0.25, 0.3) is 0 Å². The van der Waals surface area contributed by atoms with Crippen LogP contribution in [0.2, 0.25) is 0 Å². The summed E-state index contributed by atoms with van der Waals surface area (Å²) in [5, 5.41) is 0. The molecule has 4 heteroatoms. The van der Waals surface area contributed by atoms with Crippen LogP contribution >= 0.6 is 0 Å². The number of carbonyl (C=O) groups is 1. The minimum atomic E-state index is 0.322. The van der Waals surface area contributed by atoms with Crippen LogP contribution in [0.4, 0.5) is 0 Å². The highest BCUT2D eigenvalue weighted by molar-refractivity contribution is 5.83. The number of aldehydes is 1. The number of hydrogen-bond acceptors (Lipinski definition) is 3. The number of imidazole rings is 1. The number of hydrogen-bond donors (Lipinski definition) is 0. The zero-order valence-electron chi connectivity index (χ0n) is 11.1. The van der Waals surface area contributed by atoms with E-state index in [2.05, 4.69) is 4.98 Å². The van der Waals surface area contributed by atoms with Gasteiger partial charge in [-0.05, 0) is 31.2 Å². The van der Waals surface area contributed by atoms with Crippen molar-refractivity contribution in [2.45, 2.75) is 13.5 Å². The van der Waals surface area contributed by atoms with Gasteiger partial charge >= 0.3 is 0 Å². The van der Waals surface area contributed by atoms with Crippen molar-refractivity contribution < 1.29 is 9.53 Å². The Morgan fingerprint density at radius 1 is 1.20 bits per heavy atom. The second kappa shape index (κ2) is 5.17. The number of benzene rings is 1. The Hall–Kier alpha value is -2.62. The molecule has 0 spiro atoms. The number of aryl methyl sites for hydroxylation is 1. The molecule has 0 aliphatic rings. The number of fused-ring (bicyclic) bond motifs is 1. The molecule has 0 unspecified atom stereocenters. The van der Waals surface area contributed by atoms with Gasteiger partial charge < -0.3 is 9.14 Å². The molecule has 0 radical (unpaired) electrons. The van der Waals surface area contributed by atoms with Crippen molar-refractivity contribution in [1.82, 2.24) is 9.38 Å². The minimum Gasteiger partial charge on any atom is -0.486 e.